The predicted molar refractivity (Wildman–Crippen MR) is 193 cm³/mol. The highest BCUT2D eigenvalue weighted by atomic mass is 31.2. The lowest BCUT2D eigenvalue weighted by Crippen LogP contribution is -2.29. The van der Waals surface area contributed by atoms with Crippen molar-refractivity contribution in [1.82, 2.24) is 0 Å². The summed E-state index contributed by atoms with van der Waals surface area (Å²) >= 11 is 0. The van der Waals surface area contributed by atoms with E-state index in [1.807, 2.05) is 0 Å². The van der Waals surface area contributed by atoms with Crippen molar-refractivity contribution in [2.24, 2.45) is 0 Å². The van der Waals surface area contributed by atoms with Crippen molar-refractivity contribution in [2.75, 3.05) is 19.8 Å². The lowest BCUT2D eigenvalue weighted by Gasteiger charge is -2.19. The number of carbonyl (C=O) groups excluding carboxylic acids is 2. The molecule has 274 valence electrons. The van der Waals surface area contributed by atoms with Crippen LogP contribution in [0, 0.1) is 0 Å². The van der Waals surface area contributed by atoms with Crippen molar-refractivity contribution in [3.8, 4) is 0 Å². The highest BCUT2D eigenvalue weighted by Gasteiger charge is 2.25. The lowest BCUT2D eigenvalue weighted by molar-refractivity contribution is -0.161. The fourth-order valence-corrected chi connectivity index (χ4v) is 5.64. The van der Waals surface area contributed by atoms with Gasteiger partial charge in [-0.1, -0.05) is 115 Å². The van der Waals surface area contributed by atoms with Crippen LogP contribution in [0.4, 0.5) is 0 Å². The van der Waals surface area contributed by atoms with E-state index in [2.05, 4.69) is 50.3 Å². The van der Waals surface area contributed by atoms with E-state index in [4.69, 9.17) is 18.5 Å². The van der Waals surface area contributed by atoms with Gasteiger partial charge < -0.3 is 14.4 Å². The molecular formula is C38H69O8P. The first-order valence-electron chi connectivity index (χ1n) is 18.8. The van der Waals surface area contributed by atoms with Crippen LogP contribution in [0.5, 0.6) is 0 Å². The van der Waals surface area contributed by atoms with Crippen LogP contribution in [0.1, 0.15) is 168 Å². The van der Waals surface area contributed by atoms with Crippen molar-refractivity contribution in [3.63, 3.8) is 0 Å². The molecule has 0 saturated heterocycles. The van der Waals surface area contributed by atoms with Crippen LogP contribution < -0.4 is 0 Å². The van der Waals surface area contributed by atoms with Gasteiger partial charge in [0, 0.05) is 12.8 Å². The topological polar surface area (TPSA) is 108 Å². The van der Waals surface area contributed by atoms with Crippen molar-refractivity contribution < 1.29 is 37.6 Å². The van der Waals surface area contributed by atoms with Crippen LogP contribution in [0.2, 0.25) is 0 Å². The minimum absolute atomic E-state index is 0.00418. The average Bonchev–Trinajstić information content (AvgIpc) is 3.04. The van der Waals surface area contributed by atoms with Crippen LogP contribution >= 0.6 is 7.82 Å². The van der Waals surface area contributed by atoms with E-state index in [-0.39, 0.29) is 32.0 Å². The van der Waals surface area contributed by atoms with Gasteiger partial charge in [-0.25, -0.2) is 4.57 Å². The summed E-state index contributed by atoms with van der Waals surface area (Å²) in [5.74, 6) is -0.827. The fourth-order valence-electron chi connectivity index (χ4n) is 4.89. The zero-order valence-electron chi connectivity index (χ0n) is 30.2. The number of phosphoric acid groups is 1. The second-order valence-corrected chi connectivity index (χ2v) is 13.7. The Kier molecular flexibility index (Phi) is 32.9. The monoisotopic (exact) mass is 684 g/mol. The number of phosphoric ester groups is 1. The van der Waals surface area contributed by atoms with E-state index in [0.29, 0.717) is 6.42 Å². The van der Waals surface area contributed by atoms with Gasteiger partial charge in [-0.15, -0.1) is 0 Å². The number of rotatable bonds is 34. The van der Waals surface area contributed by atoms with E-state index in [1.165, 1.54) is 51.4 Å². The molecule has 2 atom stereocenters. The maximum absolute atomic E-state index is 12.5. The molecule has 0 aromatic heterocycles. The molecule has 0 aromatic rings. The van der Waals surface area contributed by atoms with Gasteiger partial charge >= 0.3 is 19.8 Å². The molecule has 0 aliphatic carbocycles. The summed E-state index contributed by atoms with van der Waals surface area (Å²) < 4.78 is 32.5. The van der Waals surface area contributed by atoms with Crippen LogP contribution in [0.3, 0.4) is 0 Å². The highest BCUT2D eigenvalue weighted by Crippen LogP contribution is 2.43. The second-order valence-electron chi connectivity index (χ2n) is 12.2. The molecule has 0 saturated carbocycles. The molecular weight excluding hydrogens is 615 g/mol. The Bertz CT molecular complexity index is 870. The standard InChI is InChI=1S/C38H69O8P/c1-4-7-9-11-13-15-17-19-20-21-23-25-27-29-31-33-38(40)46-36(35-45-47(41,42)44-6-3)34-43-37(39)32-30-28-26-24-22-18-16-14-12-10-8-5-2/h13-16,19-20,36H,4-12,17-18,21-35H2,1-3H3,(H,41,42)/b15-13-,16-14-,20-19-. The molecule has 0 bridgehead atoms. The summed E-state index contributed by atoms with van der Waals surface area (Å²) in [6.07, 6.45) is 36.2. The first-order valence-corrected chi connectivity index (χ1v) is 20.3. The van der Waals surface area contributed by atoms with E-state index < -0.39 is 26.5 Å². The lowest BCUT2D eigenvalue weighted by atomic mass is 10.1. The van der Waals surface area contributed by atoms with Crippen molar-refractivity contribution in [2.45, 2.75) is 175 Å². The zero-order valence-corrected chi connectivity index (χ0v) is 31.1. The van der Waals surface area contributed by atoms with Gasteiger partial charge in [0.1, 0.15) is 6.61 Å². The summed E-state index contributed by atoms with van der Waals surface area (Å²) in [5.41, 5.74) is 0. The molecule has 0 aliphatic rings. The molecule has 47 heavy (non-hydrogen) atoms. The van der Waals surface area contributed by atoms with Crippen LogP contribution in [0.15, 0.2) is 36.5 Å². The number of hydrogen-bond donors (Lipinski definition) is 1. The molecule has 0 spiro atoms. The van der Waals surface area contributed by atoms with Crippen LogP contribution in [-0.2, 0) is 32.7 Å². The van der Waals surface area contributed by atoms with Crippen LogP contribution in [0.25, 0.3) is 0 Å². The van der Waals surface area contributed by atoms with Crippen molar-refractivity contribution >= 4 is 19.8 Å². The molecule has 0 fully saturated rings. The van der Waals surface area contributed by atoms with Crippen molar-refractivity contribution in [1.29, 1.82) is 0 Å². The summed E-state index contributed by atoms with van der Waals surface area (Å²) in [5, 5.41) is 0. The Labute approximate surface area is 287 Å². The maximum Gasteiger partial charge on any atom is 0.472 e. The normalized spacial score (nSPS) is 13.9. The summed E-state index contributed by atoms with van der Waals surface area (Å²) in [6, 6.07) is 0. The molecule has 2 unspecified atom stereocenters. The van der Waals surface area contributed by atoms with Gasteiger partial charge in [0.25, 0.3) is 0 Å². The van der Waals surface area contributed by atoms with Gasteiger partial charge in [-0.05, 0) is 77.6 Å². The molecule has 0 aromatic carbocycles. The second kappa shape index (κ2) is 34.1. The van der Waals surface area contributed by atoms with Gasteiger partial charge in [-0.2, -0.15) is 0 Å². The van der Waals surface area contributed by atoms with E-state index in [0.717, 1.165) is 77.0 Å². The minimum Gasteiger partial charge on any atom is -0.462 e. The number of esters is 2. The quantitative estimate of drug-likeness (QED) is 0.0309. The Morgan fingerprint density at radius 3 is 1.53 bits per heavy atom. The third-order valence-corrected chi connectivity index (χ3v) is 8.73. The molecule has 9 heteroatoms. The zero-order chi connectivity index (χ0) is 34.7. The third kappa shape index (κ3) is 33.9. The van der Waals surface area contributed by atoms with Gasteiger partial charge in [-0.3, -0.25) is 18.6 Å². The van der Waals surface area contributed by atoms with Crippen molar-refractivity contribution in [3.05, 3.63) is 36.5 Å². The van der Waals surface area contributed by atoms with Gasteiger partial charge in [0.05, 0.1) is 13.2 Å². The Hall–Kier alpha value is -1.73. The summed E-state index contributed by atoms with van der Waals surface area (Å²) in [6.45, 7) is 5.38. The largest absolute Gasteiger partial charge is 0.472 e. The SMILES string of the molecule is CCCCC/C=C\C/C=C\CCCCCCCC(=O)OC(COC(=O)CCCCCCC/C=C\CCCCC)COP(=O)(O)OCC. The number of allylic oxidation sites excluding steroid dienone is 6. The number of unbranched alkanes of at least 4 members (excludes halogenated alkanes) is 16. The number of carbonyl (C=O) groups is 2. The highest BCUT2D eigenvalue weighted by molar-refractivity contribution is 7.47. The van der Waals surface area contributed by atoms with E-state index in [9.17, 15) is 19.0 Å². The Morgan fingerprint density at radius 2 is 1.02 bits per heavy atom. The number of hydrogen-bond acceptors (Lipinski definition) is 7. The molecule has 0 amide bonds. The molecule has 0 heterocycles. The van der Waals surface area contributed by atoms with Gasteiger partial charge in [0.2, 0.25) is 0 Å². The molecule has 0 aliphatic heterocycles. The average molecular weight is 685 g/mol. The minimum atomic E-state index is -4.28. The van der Waals surface area contributed by atoms with E-state index >= 15 is 0 Å². The first kappa shape index (κ1) is 45.3. The summed E-state index contributed by atoms with van der Waals surface area (Å²) in [7, 11) is -4.28. The van der Waals surface area contributed by atoms with Gasteiger partial charge in [0.15, 0.2) is 6.10 Å². The van der Waals surface area contributed by atoms with Crippen LogP contribution in [-0.4, -0.2) is 42.8 Å². The first-order chi connectivity index (χ1) is 22.8. The maximum atomic E-state index is 12.5. The Morgan fingerprint density at radius 1 is 0.574 bits per heavy atom. The smallest absolute Gasteiger partial charge is 0.462 e. The number of ether oxygens (including phenoxy) is 2. The molecule has 0 radical (unpaired) electrons. The Balaban J connectivity index is 4.21. The predicted octanol–water partition coefficient (Wildman–Crippen LogP) is 11.3. The molecule has 1 N–H and O–H groups in total. The third-order valence-electron chi connectivity index (χ3n) is 7.67. The molecule has 0 rings (SSSR count). The fraction of sp³-hybridized carbons (Fsp3) is 0.789. The molecule has 8 nitrogen and oxygen atoms in total. The van der Waals surface area contributed by atoms with E-state index in [1.54, 1.807) is 6.92 Å². The summed E-state index contributed by atoms with van der Waals surface area (Å²) in [4.78, 5) is 34.5.